The third-order valence-corrected chi connectivity index (χ3v) is 2.34. The van der Waals surface area contributed by atoms with E-state index in [0.29, 0.717) is 0 Å². The van der Waals surface area contributed by atoms with Crippen molar-refractivity contribution in [3.63, 3.8) is 0 Å². The zero-order valence-electron chi connectivity index (χ0n) is 9.78. The van der Waals surface area contributed by atoms with Gasteiger partial charge in [0, 0.05) is 12.4 Å². The minimum atomic E-state index is -4.84. The second-order valence-electron chi connectivity index (χ2n) is 3.73. The third kappa shape index (κ3) is 3.08. The van der Waals surface area contributed by atoms with E-state index in [1.807, 2.05) is 0 Å². The van der Waals surface area contributed by atoms with E-state index in [-0.39, 0.29) is 11.9 Å². The monoisotopic (exact) mass is 285 g/mol. The van der Waals surface area contributed by atoms with Gasteiger partial charge in [-0.15, -0.1) is 0 Å². The predicted octanol–water partition coefficient (Wildman–Crippen LogP) is 2.89. The molecule has 0 unspecified atom stereocenters. The zero-order chi connectivity index (χ0) is 14.8. The molecule has 1 amide bonds. The molecule has 0 aliphatic heterocycles. The van der Waals surface area contributed by atoms with Crippen LogP contribution >= 0.6 is 0 Å². The molecule has 1 N–H and O–H groups in total. The normalized spacial score (nSPS) is 11.2. The van der Waals surface area contributed by atoms with E-state index in [9.17, 15) is 22.4 Å². The number of benzene rings is 1. The molecule has 2 rings (SSSR count). The van der Waals surface area contributed by atoms with Gasteiger partial charge in [0.05, 0.1) is 17.3 Å². The first-order chi connectivity index (χ1) is 9.38. The number of carbonyl (C=O) groups excluding carboxylic acids is 1. The van der Waals surface area contributed by atoms with Gasteiger partial charge in [0.15, 0.2) is 5.82 Å². The number of nitrogens with one attached hydrogen (secondary N) is 1. The van der Waals surface area contributed by atoms with Gasteiger partial charge in [-0.2, -0.15) is 13.2 Å². The van der Waals surface area contributed by atoms with Crippen LogP contribution in [0.5, 0.6) is 0 Å². The predicted molar refractivity (Wildman–Crippen MR) is 61.4 cm³/mol. The summed E-state index contributed by atoms with van der Waals surface area (Å²) in [5.74, 6) is -2.12. The summed E-state index contributed by atoms with van der Waals surface area (Å²) in [5, 5.41) is 2.16. The SMILES string of the molecule is O=C(Nc1cnccn1)c1ccc(F)cc1C(F)(F)F. The summed E-state index contributed by atoms with van der Waals surface area (Å²) in [4.78, 5) is 19.2. The summed E-state index contributed by atoms with van der Waals surface area (Å²) in [7, 11) is 0. The van der Waals surface area contributed by atoms with E-state index < -0.39 is 29.0 Å². The second kappa shape index (κ2) is 5.24. The fraction of sp³-hybridized carbons (Fsp3) is 0.0833. The molecule has 1 heterocycles. The number of hydrogen-bond donors (Lipinski definition) is 1. The number of rotatable bonds is 2. The van der Waals surface area contributed by atoms with Crippen molar-refractivity contribution in [2.24, 2.45) is 0 Å². The lowest BCUT2D eigenvalue weighted by atomic mass is 10.1. The molecule has 0 saturated heterocycles. The van der Waals surface area contributed by atoms with Crippen molar-refractivity contribution in [3.8, 4) is 0 Å². The second-order valence-corrected chi connectivity index (χ2v) is 3.73. The Balaban J connectivity index is 2.35. The standard InChI is InChI=1S/C12H7F4N3O/c13-7-1-2-8(9(5-7)12(14,15)16)11(20)19-10-6-17-3-4-18-10/h1-6H,(H,18,19,20). The molecule has 0 radical (unpaired) electrons. The molecule has 0 atom stereocenters. The minimum Gasteiger partial charge on any atom is -0.305 e. The Morgan fingerprint density at radius 1 is 1.20 bits per heavy atom. The Morgan fingerprint density at radius 2 is 1.95 bits per heavy atom. The lowest BCUT2D eigenvalue weighted by Crippen LogP contribution is -2.19. The maximum atomic E-state index is 12.9. The average Bonchev–Trinajstić information content (AvgIpc) is 2.38. The molecule has 0 saturated carbocycles. The molecule has 0 fully saturated rings. The van der Waals surface area contributed by atoms with E-state index in [4.69, 9.17) is 0 Å². The number of nitrogens with zero attached hydrogens (tertiary/aromatic N) is 2. The molecular weight excluding hydrogens is 278 g/mol. The highest BCUT2D eigenvalue weighted by Gasteiger charge is 2.35. The van der Waals surface area contributed by atoms with Crippen LogP contribution in [0.1, 0.15) is 15.9 Å². The highest BCUT2D eigenvalue weighted by molar-refractivity contribution is 6.04. The van der Waals surface area contributed by atoms with Crippen molar-refractivity contribution < 1.29 is 22.4 Å². The van der Waals surface area contributed by atoms with E-state index >= 15 is 0 Å². The van der Waals surface area contributed by atoms with Crippen molar-refractivity contribution in [1.82, 2.24) is 9.97 Å². The summed E-state index contributed by atoms with van der Waals surface area (Å²) in [6.07, 6.45) is -1.05. The van der Waals surface area contributed by atoms with Crippen molar-refractivity contribution in [1.29, 1.82) is 0 Å². The van der Waals surface area contributed by atoms with Gasteiger partial charge in [-0.05, 0) is 18.2 Å². The number of hydrogen-bond acceptors (Lipinski definition) is 3. The Kier molecular flexibility index (Phi) is 3.64. The quantitative estimate of drug-likeness (QED) is 0.863. The number of alkyl halides is 3. The van der Waals surface area contributed by atoms with Gasteiger partial charge < -0.3 is 5.32 Å². The smallest absolute Gasteiger partial charge is 0.305 e. The van der Waals surface area contributed by atoms with Crippen LogP contribution in [0.25, 0.3) is 0 Å². The Bertz CT molecular complexity index is 628. The van der Waals surface area contributed by atoms with E-state index in [2.05, 4.69) is 15.3 Å². The van der Waals surface area contributed by atoms with E-state index in [1.54, 1.807) is 0 Å². The van der Waals surface area contributed by atoms with Gasteiger partial charge >= 0.3 is 6.18 Å². The van der Waals surface area contributed by atoms with Crippen molar-refractivity contribution >= 4 is 11.7 Å². The van der Waals surface area contributed by atoms with Gasteiger partial charge in [-0.1, -0.05) is 0 Å². The molecule has 0 aliphatic carbocycles. The summed E-state index contributed by atoms with van der Waals surface area (Å²) in [6.45, 7) is 0. The van der Waals surface area contributed by atoms with Crippen LogP contribution in [0.15, 0.2) is 36.8 Å². The molecule has 2 aromatic rings. The molecule has 1 aromatic heterocycles. The van der Waals surface area contributed by atoms with Crippen LogP contribution in [0.2, 0.25) is 0 Å². The number of anilines is 1. The molecule has 0 spiro atoms. The Labute approximate surface area is 110 Å². The van der Waals surface area contributed by atoms with E-state index in [1.165, 1.54) is 18.6 Å². The number of carbonyl (C=O) groups is 1. The number of aromatic nitrogens is 2. The van der Waals surface area contributed by atoms with Gasteiger partial charge in [0.1, 0.15) is 5.82 Å². The Morgan fingerprint density at radius 3 is 2.55 bits per heavy atom. The molecule has 0 bridgehead atoms. The summed E-state index contributed by atoms with van der Waals surface area (Å²) in [5.41, 5.74) is -2.04. The third-order valence-electron chi connectivity index (χ3n) is 2.34. The highest BCUT2D eigenvalue weighted by atomic mass is 19.4. The first-order valence-electron chi connectivity index (χ1n) is 5.32. The largest absolute Gasteiger partial charge is 0.417 e. The van der Waals surface area contributed by atoms with Gasteiger partial charge in [0.25, 0.3) is 5.91 Å². The fourth-order valence-electron chi connectivity index (χ4n) is 1.50. The molecule has 1 aromatic carbocycles. The van der Waals surface area contributed by atoms with Crippen molar-refractivity contribution in [2.45, 2.75) is 6.18 Å². The lowest BCUT2D eigenvalue weighted by Gasteiger charge is -2.12. The number of halogens is 4. The zero-order valence-corrected chi connectivity index (χ0v) is 9.78. The molecule has 104 valence electrons. The first kappa shape index (κ1) is 13.9. The van der Waals surface area contributed by atoms with Crippen LogP contribution in [0, 0.1) is 5.82 Å². The fourth-order valence-corrected chi connectivity index (χ4v) is 1.50. The van der Waals surface area contributed by atoms with Crippen LogP contribution in [-0.4, -0.2) is 15.9 Å². The maximum absolute atomic E-state index is 12.9. The van der Waals surface area contributed by atoms with Crippen LogP contribution in [-0.2, 0) is 6.18 Å². The first-order valence-corrected chi connectivity index (χ1v) is 5.32. The topological polar surface area (TPSA) is 54.9 Å². The highest BCUT2D eigenvalue weighted by Crippen LogP contribution is 2.32. The molecular formula is C12H7F4N3O. The minimum absolute atomic E-state index is 0.00468. The number of amides is 1. The lowest BCUT2D eigenvalue weighted by molar-refractivity contribution is -0.138. The van der Waals surface area contributed by atoms with Gasteiger partial charge in [-0.25, -0.2) is 9.37 Å². The van der Waals surface area contributed by atoms with Crippen LogP contribution < -0.4 is 5.32 Å². The molecule has 8 heteroatoms. The Hall–Kier alpha value is -2.51. The van der Waals surface area contributed by atoms with Gasteiger partial charge in [-0.3, -0.25) is 9.78 Å². The molecule has 20 heavy (non-hydrogen) atoms. The molecule has 0 aliphatic rings. The van der Waals surface area contributed by atoms with Gasteiger partial charge in [0.2, 0.25) is 0 Å². The van der Waals surface area contributed by atoms with Crippen molar-refractivity contribution in [3.05, 3.63) is 53.7 Å². The van der Waals surface area contributed by atoms with Crippen molar-refractivity contribution in [2.75, 3.05) is 5.32 Å². The summed E-state index contributed by atoms with van der Waals surface area (Å²) < 4.78 is 51.2. The summed E-state index contributed by atoms with van der Waals surface area (Å²) >= 11 is 0. The maximum Gasteiger partial charge on any atom is 0.417 e. The van der Waals surface area contributed by atoms with Crippen LogP contribution in [0.4, 0.5) is 23.4 Å². The van der Waals surface area contributed by atoms with E-state index in [0.717, 1.165) is 12.1 Å². The molecule has 4 nitrogen and oxygen atoms in total. The average molecular weight is 285 g/mol. The van der Waals surface area contributed by atoms with Crippen LogP contribution in [0.3, 0.4) is 0 Å². The summed E-state index contributed by atoms with van der Waals surface area (Å²) in [6, 6.07) is 1.82.